The second-order valence-corrected chi connectivity index (χ2v) is 4.75. The molecule has 1 N–H and O–H groups in total. The molecule has 0 spiro atoms. The van der Waals surface area contributed by atoms with Crippen molar-refractivity contribution in [3.8, 4) is 6.07 Å². The summed E-state index contributed by atoms with van der Waals surface area (Å²) >= 11 is 0. The van der Waals surface area contributed by atoms with Crippen LogP contribution < -0.4 is 10.2 Å². The summed E-state index contributed by atoms with van der Waals surface area (Å²) in [4.78, 5) is 2.39. The van der Waals surface area contributed by atoms with Gasteiger partial charge in [0.2, 0.25) is 0 Å². The van der Waals surface area contributed by atoms with Gasteiger partial charge in [-0.2, -0.15) is 5.26 Å². The molecule has 1 heterocycles. The van der Waals surface area contributed by atoms with E-state index in [9.17, 15) is 0 Å². The maximum Gasteiger partial charge on any atom is 0.0638 e. The van der Waals surface area contributed by atoms with Gasteiger partial charge in [-0.3, -0.25) is 0 Å². The molecule has 0 bridgehead atoms. The molecule has 3 nitrogen and oxygen atoms in total. The summed E-state index contributed by atoms with van der Waals surface area (Å²) in [6, 6.07) is 9.11. The zero-order chi connectivity index (χ0) is 12.3. The first-order valence-corrected chi connectivity index (χ1v) is 6.13. The number of hydrogen-bond donors (Lipinski definition) is 1. The number of nitrogens with zero attached hydrogens (tertiary/aromatic N) is 2. The van der Waals surface area contributed by atoms with Crippen LogP contribution in [0.25, 0.3) is 0 Å². The van der Waals surface area contributed by atoms with E-state index in [4.69, 9.17) is 5.26 Å². The van der Waals surface area contributed by atoms with Crippen molar-refractivity contribution in [1.29, 1.82) is 5.26 Å². The molecule has 0 aliphatic carbocycles. The summed E-state index contributed by atoms with van der Waals surface area (Å²) in [5.41, 5.74) is 3.92. The van der Waals surface area contributed by atoms with Gasteiger partial charge in [-0.1, -0.05) is 12.1 Å². The molecule has 0 aromatic heterocycles. The van der Waals surface area contributed by atoms with Crippen molar-refractivity contribution in [3.63, 3.8) is 0 Å². The highest BCUT2D eigenvalue weighted by atomic mass is 15.2. The quantitative estimate of drug-likeness (QED) is 0.843. The lowest BCUT2D eigenvalue weighted by molar-refractivity contribution is 0.462. The number of nitrogens with one attached hydrogen (secondary N) is 1. The molecule has 0 radical (unpaired) electrons. The molecule has 1 unspecified atom stereocenters. The average molecular weight is 229 g/mol. The van der Waals surface area contributed by atoms with Crippen LogP contribution in [-0.4, -0.2) is 25.7 Å². The molecule has 1 aromatic carbocycles. The van der Waals surface area contributed by atoms with E-state index in [1.54, 1.807) is 0 Å². The van der Waals surface area contributed by atoms with Crippen molar-refractivity contribution in [2.45, 2.75) is 26.3 Å². The molecular formula is C14H19N3. The topological polar surface area (TPSA) is 39.1 Å². The van der Waals surface area contributed by atoms with Gasteiger partial charge in [0.15, 0.2) is 0 Å². The first-order chi connectivity index (χ1) is 8.20. The second-order valence-electron chi connectivity index (χ2n) is 4.75. The van der Waals surface area contributed by atoms with Crippen molar-refractivity contribution in [2.75, 3.05) is 24.5 Å². The third kappa shape index (κ3) is 2.78. The molecule has 2 rings (SSSR count). The molecule has 3 heteroatoms. The van der Waals surface area contributed by atoms with Crippen molar-refractivity contribution >= 4 is 5.69 Å². The lowest BCUT2D eigenvalue weighted by Crippen LogP contribution is -2.50. The Labute approximate surface area is 103 Å². The third-order valence-corrected chi connectivity index (χ3v) is 3.30. The number of nitriles is 1. The van der Waals surface area contributed by atoms with E-state index in [0.29, 0.717) is 12.5 Å². The van der Waals surface area contributed by atoms with Gasteiger partial charge >= 0.3 is 0 Å². The number of rotatable bonds is 2. The van der Waals surface area contributed by atoms with Crippen LogP contribution in [0.5, 0.6) is 0 Å². The fourth-order valence-electron chi connectivity index (χ4n) is 2.35. The number of piperazine rings is 1. The molecule has 0 amide bonds. The monoisotopic (exact) mass is 229 g/mol. The van der Waals surface area contributed by atoms with E-state index >= 15 is 0 Å². The summed E-state index contributed by atoms with van der Waals surface area (Å²) in [5.74, 6) is 0. The van der Waals surface area contributed by atoms with E-state index in [-0.39, 0.29) is 0 Å². The van der Waals surface area contributed by atoms with Crippen LogP contribution in [0.15, 0.2) is 18.2 Å². The van der Waals surface area contributed by atoms with Crippen LogP contribution in [0.3, 0.4) is 0 Å². The first kappa shape index (κ1) is 11.9. The Bertz CT molecular complexity index is 434. The van der Waals surface area contributed by atoms with Gasteiger partial charge in [0.05, 0.1) is 12.5 Å². The molecule has 17 heavy (non-hydrogen) atoms. The molecule has 1 aliphatic rings. The predicted molar refractivity (Wildman–Crippen MR) is 70.1 cm³/mol. The van der Waals surface area contributed by atoms with Crippen LogP contribution >= 0.6 is 0 Å². The lowest BCUT2D eigenvalue weighted by Gasteiger charge is -2.35. The Morgan fingerprint density at radius 1 is 1.47 bits per heavy atom. The Kier molecular flexibility index (Phi) is 3.65. The minimum Gasteiger partial charge on any atom is -0.368 e. The highest BCUT2D eigenvalue weighted by molar-refractivity contribution is 5.55. The molecular weight excluding hydrogens is 210 g/mol. The maximum atomic E-state index is 8.77. The van der Waals surface area contributed by atoms with Gasteiger partial charge in [0.1, 0.15) is 0 Å². The fraction of sp³-hybridized carbons (Fsp3) is 0.500. The van der Waals surface area contributed by atoms with Crippen molar-refractivity contribution < 1.29 is 0 Å². The summed E-state index contributed by atoms with van der Waals surface area (Å²) in [6.45, 7) is 7.18. The summed E-state index contributed by atoms with van der Waals surface area (Å²) in [5, 5.41) is 12.2. The average Bonchev–Trinajstić information content (AvgIpc) is 2.33. The van der Waals surface area contributed by atoms with E-state index < -0.39 is 0 Å². The molecule has 0 saturated carbocycles. The number of benzene rings is 1. The summed E-state index contributed by atoms with van der Waals surface area (Å²) < 4.78 is 0. The molecule has 90 valence electrons. The van der Waals surface area contributed by atoms with Crippen LogP contribution in [-0.2, 0) is 0 Å². The zero-order valence-corrected chi connectivity index (χ0v) is 10.5. The molecule has 1 fully saturated rings. The predicted octanol–water partition coefficient (Wildman–Crippen LogP) is 2.00. The first-order valence-electron chi connectivity index (χ1n) is 6.13. The van der Waals surface area contributed by atoms with Crippen molar-refractivity contribution in [1.82, 2.24) is 5.32 Å². The van der Waals surface area contributed by atoms with E-state index in [2.05, 4.69) is 48.3 Å². The minimum absolute atomic E-state index is 0.300. The Morgan fingerprint density at radius 2 is 2.29 bits per heavy atom. The maximum absolute atomic E-state index is 8.77. The van der Waals surface area contributed by atoms with Crippen LogP contribution in [0.1, 0.15) is 17.5 Å². The number of anilines is 1. The Hall–Kier alpha value is -1.53. The molecule has 1 atom stereocenters. The normalized spacial score (nSPS) is 20.1. The van der Waals surface area contributed by atoms with Gasteiger partial charge < -0.3 is 10.2 Å². The summed E-state index contributed by atoms with van der Waals surface area (Å²) in [6.07, 6.45) is 0.585. The van der Waals surface area contributed by atoms with Gasteiger partial charge in [-0.25, -0.2) is 0 Å². The number of aryl methyl sites for hydroxylation is 2. The Balaban J connectivity index is 2.16. The Morgan fingerprint density at radius 3 is 3.06 bits per heavy atom. The standard InChI is InChI=1S/C14H19N3/c1-11-3-4-12(2)14(9-11)17-8-7-16-13(10-17)5-6-15/h3-4,9,13,16H,5,7-8,10H2,1-2H3. The van der Waals surface area contributed by atoms with E-state index in [1.165, 1.54) is 16.8 Å². The summed E-state index contributed by atoms with van der Waals surface area (Å²) in [7, 11) is 0. The van der Waals surface area contributed by atoms with E-state index in [1.807, 2.05) is 0 Å². The smallest absolute Gasteiger partial charge is 0.0638 e. The van der Waals surface area contributed by atoms with Gasteiger partial charge in [-0.05, 0) is 31.0 Å². The lowest BCUT2D eigenvalue weighted by atomic mass is 10.1. The van der Waals surface area contributed by atoms with Gasteiger partial charge in [0.25, 0.3) is 0 Å². The molecule has 1 aromatic rings. The minimum atomic E-state index is 0.300. The van der Waals surface area contributed by atoms with Crippen LogP contribution in [0.2, 0.25) is 0 Å². The van der Waals surface area contributed by atoms with Crippen molar-refractivity contribution in [2.24, 2.45) is 0 Å². The molecule has 1 aliphatic heterocycles. The highest BCUT2D eigenvalue weighted by Crippen LogP contribution is 2.22. The van der Waals surface area contributed by atoms with Gasteiger partial charge in [-0.15, -0.1) is 0 Å². The highest BCUT2D eigenvalue weighted by Gasteiger charge is 2.20. The van der Waals surface area contributed by atoms with Crippen molar-refractivity contribution in [3.05, 3.63) is 29.3 Å². The number of hydrogen-bond acceptors (Lipinski definition) is 3. The molecule has 1 saturated heterocycles. The SMILES string of the molecule is Cc1ccc(C)c(N2CCNC(CC#N)C2)c1. The van der Waals surface area contributed by atoms with E-state index in [0.717, 1.165) is 19.6 Å². The van der Waals surface area contributed by atoms with Crippen LogP contribution in [0.4, 0.5) is 5.69 Å². The third-order valence-electron chi connectivity index (χ3n) is 3.30. The fourth-order valence-corrected chi connectivity index (χ4v) is 2.35. The second kappa shape index (κ2) is 5.20. The van der Waals surface area contributed by atoms with Gasteiger partial charge in [0, 0.05) is 31.4 Å². The van der Waals surface area contributed by atoms with Crippen LogP contribution in [0, 0.1) is 25.2 Å². The largest absolute Gasteiger partial charge is 0.368 e. The zero-order valence-electron chi connectivity index (χ0n) is 10.5.